The molecule has 0 nitrogen and oxygen atoms in total. The van der Waals surface area contributed by atoms with Gasteiger partial charge in [0.05, 0.1) is 0 Å². The Morgan fingerprint density at radius 3 is 1.81 bits per heavy atom. The van der Waals surface area contributed by atoms with Crippen molar-refractivity contribution in [3.63, 3.8) is 0 Å². The summed E-state index contributed by atoms with van der Waals surface area (Å²) in [5, 5.41) is 0. The molecule has 168 valence electrons. The summed E-state index contributed by atoms with van der Waals surface area (Å²) in [6, 6.07) is 23.1. The highest BCUT2D eigenvalue weighted by molar-refractivity contribution is 5.66. The summed E-state index contributed by atoms with van der Waals surface area (Å²) < 4.78 is 0. The maximum absolute atomic E-state index is 2.41. The molecule has 1 aliphatic carbocycles. The smallest absolute Gasteiger partial charge is 0.0179 e. The molecule has 0 aliphatic heterocycles. The summed E-state index contributed by atoms with van der Waals surface area (Å²) in [5.74, 6) is 1.90. The summed E-state index contributed by atoms with van der Waals surface area (Å²) in [5.41, 5.74) is 11.3. The SMILES string of the molecule is Cc1ccc(CCc2c(C)cc(-c3ccc(CCC4CCC(C)CC4)cc3)cc2C)cc1. The van der Waals surface area contributed by atoms with Crippen molar-refractivity contribution in [2.45, 2.75) is 79.1 Å². The van der Waals surface area contributed by atoms with E-state index in [1.165, 1.54) is 83.0 Å². The van der Waals surface area contributed by atoms with Crippen molar-refractivity contribution in [1.29, 1.82) is 0 Å². The zero-order valence-electron chi connectivity index (χ0n) is 20.6. The van der Waals surface area contributed by atoms with Gasteiger partial charge in [-0.1, -0.05) is 98.8 Å². The van der Waals surface area contributed by atoms with E-state index in [9.17, 15) is 0 Å². The van der Waals surface area contributed by atoms with Gasteiger partial charge in [0, 0.05) is 0 Å². The predicted octanol–water partition coefficient (Wildman–Crippen LogP) is 8.82. The lowest BCUT2D eigenvalue weighted by Gasteiger charge is -2.26. The molecule has 0 N–H and O–H groups in total. The molecule has 0 atom stereocenters. The van der Waals surface area contributed by atoms with Crippen molar-refractivity contribution in [1.82, 2.24) is 0 Å². The summed E-state index contributed by atoms with van der Waals surface area (Å²) in [4.78, 5) is 0. The quantitative estimate of drug-likeness (QED) is 0.355. The highest BCUT2D eigenvalue weighted by Crippen LogP contribution is 2.32. The van der Waals surface area contributed by atoms with Crippen LogP contribution >= 0.6 is 0 Å². The molecule has 1 saturated carbocycles. The number of benzene rings is 3. The molecule has 3 aromatic rings. The normalized spacial score (nSPS) is 18.6. The van der Waals surface area contributed by atoms with Gasteiger partial charge in [0.15, 0.2) is 0 Å². The van der Waals surface area contributed by atoms with Gasteiger partial charge in [-0.2, -0.15) is 0 Å². The van der Waals surface area contributed by atoms with Crippen LogP contribution in [-0.4, -0.2) is 0 Å². The molecule has 0 heterocycles. The first kappa shape index (κ1) is 22.8. The Morgan fingerprint density at radius 2 is 1.19 bits per heavy atom. The fourth-order valence-electron chi connectivity index (χ4n) is 5.43. The van der Waals surface area contributed by atoms with E-state index >= 15 is 0 Å². The van der Waals surface area contributed by atoms with Crippen molar-refractivity contribution >= 4 is 0 Å². The molecule has 0 saturated heterocycles. The minimum absolute atomic E-state index is 0.948. The minimum atomic E-state index is 0.948. The van der Waals surface area contributed by atoms with Gasteiger partial charge in [-0.05, 0) is 97.2 Å². The molecule has 0 bridgehead atoms. The number of hydrogen-bond donors (Lipinski definition) is 0. The molecule has 0 heteroatoms. The van der Waals surface area contributed by atoms with E-state index in [1.54, 1.807) is 0 Å². The Labute approximate surface area is 196 Å². The Kier molecular flexibility index (Phi) is 7.51. The zero-order chi connectivity index (χ0) is 22.5. The van der Waals surface area contributed by atoms with E-state index in [0.717, 1.165) is 24.7 Å². The van der Waals surface area contributed by atoms with Gasteiger partial charge in [0.1, 0.15) is 0 Å². The molecule has 0 radical (unpaired) electrons. The van der Waals surface area contributed by atoms with Crippen LogP contribution in [0.4, 0.5) is 0 Å². The molecule has 1 aliphatic rings. The summed E-state index contributed by atoms with van der Waals surface area (Å²) in [6.45, 7) is 9.12. The maximum Gasteiger partial charge on any atom is -0.0179 e. The Balaban J connectivity index is 1.38. The predicted molar refractivity (Wildman–Crippen MR) is 139 cm³/mol. The largest absolute Gasteiger partial charge is 0.0625 e. The van der Waals surface area contributed by atoms with Crippen molar-refractivity contribution in [2.75, 3.05) is 0 Å². The maximum atomic E-state index is 2.41. The summed E-state index contributed by atoms with van der Waals surface area (Å²) in [7, 11) is 0. The number of aryl methyl sites for hydroxylation is 5. The Morgan fingerprint density at radius 1 is 0.625 bits per heavy atom. The number of hydrogen-bond acceptors (Lipinski definition) is 0. The van der Waals surface area contributed by atoms with Crippen LogP contribution < -0.4 is 0 Å². The first-order valence-corrected chi connectivity index (χ1v) is 12.7. The molecule has 0 aromatic heterocycles. The lowest BCUT2D eigenvalue weighted by atomic mass is 9.80. The van der Waals surface area contributed by atoms with Gasteiger partial charge in [0.2, 0.25) is 0 Å². The molecular formula is C32H40. The Hall–Kier alpha value is -2.34. The first-order valence-electron chi connectivity index (χ1n) is 12.7. The van der Waals surface area contributed by atoms with E-state index in [0.29, 0.717) is 0 Å². The lowest BCUT2D eigenvalue weighted by molar-refractivity contribution is 0.278. The second-order valence-electron chi connectivity index (χ2n) is 10.4. The van der Waals surface area contributed by atoms with Gasteiger partial charge in [-0.25, -0.2) is 0 Å². The van der Waals surface area contributed by atoms with Crippen molar-refractivity contribution in [3.8, 4) is 11.1 Å². The van der Waals surface area contributed by atoms with Crippen LogP contribution in [0.3, 0.4) is 0 Å². The van der Waals surface area contributed by atoms with Crippen LogP contribution in [-0.2, 0) is 19.3 Å². The zero-order valence-corrected chi connectivity index (χ0v) is 20.6. The first-order chi connectivity index (χ1) is 15.5. The minimum Gasteiger partial charge on any atom is -0.0625 e. The van der Waals surface area contributed by atoms with Gasteiger partial charge < -0.3 is 0 Å². The second-order valence-corrected chi connectivity index (χ2v) is 10.4. The average molecular weight is 425 g/mol. The van der Waals surface area contributed by atoms with Crippen LogP contribution in [0.15, 0.2) is 60.7 Å². The van der Waals surface area contributed by atoms with Gasteiger partial charge in [0.25, 0.3) is 0 Å². The fourth-order valence-corrected chi connectivity index (χ4v) is 5.43. The molecule has 32 heavy (non-hydrogen) atoms. The molecule has 1 fully saturated rings. The third-order valence-corrected chi connectivity index (χ3v) is 7.74. The average Bonchev–Trinajstić information content (AvgIpc) is 2.79. The van der Waals surface area contributed by atoms with Crippen LogP contribution in [0.2, 0.25) is 0 Å². The van der Waals surface area contributed by atoms with E-state index in [-0.39, 0.29) is 0 Å². The molecular weight excluding hydrogens is 384 g/mol. The highest BCUT2D eigenvalue weighted by Gasteiger charge is 2.17. The second kappa shape index (κ2) is 10.5. The third-order valence-electron chi connectivity index (χ3n) is 7.74. The van der Waals surface area contributed by atoms with Gasteiger partial charge >= 0.3 is 0 Å². The number of rotatable bonds is 7. The molecule has 3 aromatic carbocycles. The van der Waals surface area contributed by atoms with Crippen molar-refractivity contribution in [3.05, 3.63) is 94.0 Å². The molecule has 0 amide bonds. The van der Waals surface area contributed by atoms with Crippen molar-refractivity contribution < 1.29 is 0 Å². The molecule has 4 rings (SSSR count). The van der Waals surface area contributed by atoms with E-state index in [4.69, 9.17) is 0 Å². The van der Waals surface area contributed by atoms with Crippen LogP contribution in [0.5, 0.6) is 0 Å². The van der Waals surface area contributed by atoms with Crippen LogP contribution in [0, 0.1) is 32.6 Å². The van der Waals surface area contributed by atoms with E-state index in [2.05, 4.69) is 88.4 Å². The van der Waals surface area contributed by atoms with Crippen molar-refractivity contribution in [2.24, 2.45) is 11.8 Å². The lowest BCUT2D eigenvalue weighted by Crippen LogP contribution is -2.12. The van der Waals surface area contributed by atoms with Crippen LogP contribution in [0.25, 0.3) is 11.1 Å². The molecule has 0 unspecified atom stereocenters. The Bertz CT molecular complexity index is 976. The van der Waals surface area contributed by atoms with Gasteiger partial charge in [-0.15, -0.1) is 0 Å². The fraction of sp³-hybridized carbons (Fsp3) is 0.438. The van der Waals surface area contributed by atoms with E-state index in [1.807, 2.05) is 0 Å². The standard InChI is InChI=1S/C32H40/c1-23-5-9-27(10-6-23)13-14-29-15-18-30(19-16-29)31-21-25(3)32(26(4)22-31)20-17-28-11-7-24(2)8-12-28/h7-8,11-12,15-16,18-19,21-23,27H,5-6,9-10,13-14,17,20H2,1-4H3. The molecule has 0 spiro atoms. The van der Waals surface area contributed by atoms with Crippen LogP contribution in [0.1, 0.15) is 72.4 Å². The van der Waals surface area contributed by atoms with Gasteiger partial charge in [-0.3, -0.25) is 0 Å². The third kappa shape index (κ3) is 5.91. The monoisotopic (exact) mass is 424 g/mol. The van der Waals surface area contributed by atoms with E-state index < -0.39 is 0 Å². The highest BCUT2D eigenvalue weighted by atomic mass is 14.2. The summed E-state index contributed by atoms with van der Waals surface area (Å²) >= 11 is 0. The topological polar surface area (TPSA) is 0 Å². The summed E-state index contributed by atoms with van der Waals surface area (Å²) in [6.07, 6.45) is 10.6.